The van der Waals surface area contributed by atoms with Gasteiger partial charge in [-0.25, -0.2) is 8.42 Å². The number of nitrogens with one attached hydrogen (secondary N) is 1. The number of nitrogens with zero attached hydrogens (tertiary/aromatic N) is 2. The van der Waals surface area contributed by atoms with Crippen molar-refractivity contribution in [3.8, 4) is 0 Å². The van der Waals surface area contributed by atoms with Crippen molar-refractivity contribution in [1.82, 2.24) is 10.2 Å². The average molecular weight is 431 g/mol. The van der Waals surface area contributed by atoms with E-state index in [4.69, 9.17) is 0 Å². The third-order valence-corrected chi connectivity index (χ3v) is 6.25. The summed E-state index contributed by atoms with van der Waals surface area (Å²) in [5.74, 6) is 0.997. The summed E-state index contributed by atoms with van der Waals surface area (Å²) in [6.07, 6.45) is 1.04. The molecule has 0 aromatic carbocycles. The molecule has 0 saturated carbocycles. The molecule has 1 aliphatic rings. The molecular formula is C14H30IN3O2S. The molecule has 5 nitrogen and oxygen atoms in total. The molecule has 126 valence electrons. The summed E-state index contributed by atoms with van der Waals surface area (Å²) in [4.78, 5) is 6.33. The molecule has 7 heteroatoms. The highest BCUT2D eigenvalue weighted by Gasteiger charge is 2.40. The minimum absolute atomic E-state index is 0. The van der Waals surface area contributed by atoms with Crippen LogP contribution in [0.1, 0.15) is 41.0 Å². The Hall–Kier alpha value is -0.0500. The molecule has 0 aromatic rings. The molecule has 0 aromatic heterocycles. The first-order chi connectivity index (χ1) is 8.98. The van der Waals surface area contributed by atoms with Crippen molar-refractivity contribution >= 4 is 39.8 Å². The van der Waals surface area contributed by atoms with Crippen LogP contribution in [-0.2, 0) is 9.84 Å². The lowest BCUT2D eigenvalue weighted by atomic mass is 9.92. The molecule has 0 aliphatic carbocycles. The monoisotopic (exact) mass is 431 g/mol. The predicted octanol–water partition coefficient (Wildman–Crippen LogP) is 2.13. The summed E-state index contributed by atoms with van der Waals surface area (Å²) in [5.41, 5.74) is 0.274. The zero-order chi connectivity index (χ0) is 15.6. The lowest BCUT2D eigenvalue weighted by Gasteiger charge is -2.39. The van der Waals surface area contributed by atoms with Crippen LogP contribution in [0.5, 0.6) is 0 Å². The SMILES string of the molecule is CN=C(NCCC(C)(C)C)N1CCS(=O)(=O)C(C)(C)C1.I. The van der Waals surface area contributed by atoms with E-state index in [1.165, 1.54) is 0 Å². The van der Waals surface area contributed by atoms with Gasteiger partial charge in [-0.15, -0.1) is 24.0 Å². The Labute approximate surface area is 146 Å². The summed E-state index contributed by atoms with van der Waals surface area (Å²) >= 11 is 0. The van der Waals surface area contributed by atoms with Crippen molar-refractivity contribution in [3.05, 3.63) is 0 Å². The second-order valence-corrected chi connectivity index (χ2v) is 10.0. The van der Waals surface area contributed by atoms with E-state index in [1.807, 2.05) is 4.90 Å². The predicted molar refractivity (Wildman–Crippen MR) is 100 cm³/mol. The van der Waals surface area contributed by atoms with Crippen LogP contribution in [0.4, 0.5) is 0 Å². The third-order valence-electron chi connectivity index (χ3n) is 3.71. The summed E-state index contributed by atoms with van der Waals surface area (Å²) < 4.78 is 23.3. The van der Waals surface area contributed by atoms with E-state index in [1.54, 1.807) is 20.9 Å². The normalized spacial score (nSPS) is 21.6. The fourth-order valence-electron chi connectivity index (χ4n) is 2.21. The minimum atomic E-state index is -3.00. The summed E-state index contributed by atoms with van der Waals surface area (Å²) in [6, 6.07) is 0. The van der Waals surface area contributed by atoms with Gasteiger partial charge in [0.25, 0.3) is 0 Å². The van der Waals surface area contributed by atoms with Crippen LogP contribution in [0.2, 0.25) is 0 Å². The van der Waals surface area contributed by atoms with Gasteiger partial charge in [-0.05, 0) is 25.7 Å². The molecule has 0 amide bonds. The van der Waals surface area contributed by atoms with E-state index >= 15 is 0 Å². The number of hydrogen-bond acceptors (Lipinski definition) is 3. The van der Waals surface area contributed by atoms with Crippen molar-refractivity contribution in [1.29, 1.82) is 0 Å². The van der Waals surface area contributed by atoms with Crippen LogP contribution < -0.4 is 5.32 Å². The molecule has 1 heterocycles. The number of guanidine groups is 1. The zero-order valence-corrected chi connectivity index (χ0v) is 17.2. The number of halogens is 1. The topological polar surface area (TPSA) is 61.8 Å². The molecule has 0 bridgehead atoms. The Bertz CT molecular complexity index is 467. The highest BCUT2D eigenvalue weighted by Crippen LogP contribution is 2.23. The standard InChI is InChI=1S/C14H29N3O2S.HI/c1-13(2,3)7-8-16-12(15-6)17-9-10-20(18,19)14(4,5)11-17;/h7-11H2,1-6H3,(H,15,16);1H. The van der Waals surface area contributed by atoms with Gasteiger partial charge in [-0.2, -0.15) is 0 Å². The molecule has 1 aliphatic heterocycles. The maximum atomic E-state index is 12.0. The smallest absolute Gasteiger partial charge is 0.193 e. The fourth-order valence-corrected chi connectivity index (χ4v) is 3.57. The Balaban J connectivity index is 0.00000400. The number of rotatable bonds is 2. The first-order valence-electron chi connectivity index (χ1n) is 7.16. The maximum Gasteiger partial charge on any atom is 0.193 e. The molecule has 1 rings (SSSR count). The first kappa shape index (κ1) is 20.9. The second-order valence-electron chi connectivity index (χ2n) is 7.28. The van der Waals surface area contributed by atoms with Gasteiger partial charge in [0.15, 0.2) is 15.8 Å². The van der Waals surface area contributed by atoms with E-state index < -0.39 is 14.6 Å². The summed E-state index contributed by atoms with van der Waals surface area (Å²) in [6.45, 7) is 12.0. The van der Waals surface area contributed by atoms with Gasteiger partial charge in [0.2, 0.25) is 0 Å². The van der Waals surface area contributed by atoms with Gasteiger partial charge >= 0.3 is 0 Å². The Morgan fingerprint density at radius 3 is 2.33 bits per heavy atom. The van der Waals surface area contributed by atoms with Crippen LogP contribution >= 0.6 is 24.0 Å². The van der Waals surface area contributed by atoms with Crippen LogP contribution in [0.25, 0.3) is 0 Å². The van der Waals surface area contributed by atoms with Crippen LogP contribution in [-0.4, -0.2) is 56.5 Å². The lowest BCUT2D eigenvalue weighted by molar-refractivity contribution is 0.343. The maximum absolute atomic E-state index is 12.0. The number of sulfone groups is 1. The van der Waals surface area contributed by atoms with Gasteiger partial charge in [-0.3, -0.25) is 4.99 Å². The van der Waals surface area contributed by atoms with Crippen LogP contribution in [0.3, 0.4) is 0 Å². The van der Waals surface area contributed by atoms with Crippen LogP contribution in [0.15, 0.2) is 4.99 Å². The molecule has 0 atom stereocenters. The van der Waals surface area contributed by atoms with Gasteiger partial charge < -0.3 is 10.2 Å². The first-order valence-corrected chi connectivity index (χ1v) is 8.82. The van der Waals surface area contributed by atoms with Gasteiger partial charge in [0.1, 0.15) is 0 Å². The molecule has 21 heavy (non-hydrogen) atoms. The van der Waals surface area contributed by atoms with Gasteiger partial charge in [0, 0.05) is 26.7 Å². The van der Waals surface area contributed by atoms with Crippen molar-refractivity contribution in [2.45, 2.75) is 45.8 Å². The van der Waals surface area contributed by atoms with E-state index in [2.05, 4.69) is 31.1 Å². The van der Waals surface area contributed by atoms with E-state index in [0.29, 0.717) is 13.1 Å². The molecule has 1 fully saturated rings. The largest absolute Gasteiger partial charge is 0.356 e. The molecule has 1 N–H and O–H groups in total. The van der Waals surface area contributed by atoms with Crippen LogP contribution in [0, 0.1) is 5.41 Å². The third kappa shape index (κ3) is 5.92. The Morgan fingerprint density at radius 2 is 1.90 bits per heavy atom. The quantitative estimate of drug-likeness (QED) is 0.414. The Morgan fingerprint density at radius 1 is 1.33 bits per heavy atom. The Kier molecular flexibility index (Phi) is 7.46. The molecule has 0 unspecified atom stereocenters. The number of aliphatic imine (C=N–C) groups is 1. The molecule has 1 saturated heterocycles. The molecule has 0 spiro atoms. The van der Waals surface area contributed by atoms with Gasteiger partial charge in [0.05, 0.1) is 10.5 Å². The van der Waals surface area contributed by atoms with E-state index in [-0.39, 0.29) is 35.1 Å². The summed E-state index contributed by atoms with van der Waals surface area (Å²) in [5, 5.41) is 3.34. The fraction of sp³-hybridized carbons (Fsp3) is 0.929. The van der Waals surface area contributed by atoms with Crippen molar-refractivity contribution in [2.75, 3.05) is 32.4 Å². The number of hydrogen-bond donors (Lipinski definition) is 1. The van der Waals surface area contributed by atoms with Gasteiger partial charge in [-0.1, -0.05) is 20.8 Å². The van der Waals surface area contributed by atoms with E-state index in [0.717, 1.165) is 18.9 Å². The lowest BCUT2D eigenvalue weighted by Crippen LogP contribution is -2.57. The average Bonchev–Trinajstić information content (AvgIpc) is 2.27. The molecular weight excluding hydrogens is 401 g/mol. The van der Waals surface area contributed by atoms with Crippen molar-refractivity contribution < 1.29 is 8.42 Å². The van der Waals surface area contributed by atoms with E-state index in [9.17, 15) is 8.42 Å². The zero-order valence-electron chi connectivity index (χ0n) is 14.1. The minimum Gasteiger partial charge on any atom is -0.356 e. The van der Waals surface area contributed by atoms with Crippen molar-refractivity contribution in [3.63, 3.8) is 0 Å². The molecule has 0 radical (unpaired) electrons. The second kappa shape index (κ2) is 7.48. The highest BCUT2D eigenvalue weighted by molar-refractivity contribution is 14.0. The summed E-state index contributed by atoms with van der Waals surface area (Å²) in [7, 11) is -1.26. The van der Waals surface area contributed by atoms with Crippen molar-refractivity contribution in [2.24, 2.45) is 10.4 Å². The highest BCUT2D eigenvalue weighted by atomic mass is 127.